The molecule has 4 heteroatoms. The van der Waals surface area contributed by atoms with Crippen molar-refractivity contribution in [3.63, 3.8) is 0 Å². The highest BCUT2D eigenvalue weighted by Gasteiger charge is 2.16. The molecule has 2 aromatic rings. The Bertz CT molecular complexity index is 552. The maximum absolute atomic E-state index is 5.96. The Labute approximate surface area is 107 Å². The van der Waals surface area contributed by atoms with E-state index in [0.717, 1.165) is 22.6 Å². The summed E-state index contributed by atoms with van der Waals surface area (Å²) >= 11 is 0. The molecule has 94 valence electrons. The number of hydrogen-bond acceptors (Lipinski definition) is 4. The second kappa shape index (κ2) is 5.04. The van der Waals surface area contributed by atoms with E-state index in [1.807, 2.05) is 24.3 Å². The fraction of sp³-hybridized carbons (Fsp3) is 0.286. The van der Waals surface area contributed by atoms with E-state index in [0.29, 0.717) is 5.82 Å². The van der Waals surface area contributed by atoms with Crippen molar-refractivity contribution in [3.05, 3.63) is 36.2 Å². The van der Waals surface area contributed by atoms with Gasteiger partial charge in [0.1, 0.15) is 17.9 Å². The average Bonchev–Trinajstić information content (AvgIpc) is 2.38. The number of nitrogen functional groups attached to an aromatic ring is 1. The van der Waals surface area contributed by atoms with Crippen LogP contribution < -0.4 is 10.5 Å². The van der Waals surface area contributed by atoms with Gasteiger partial charge < -0.3 is 10.5 Å². The van der Waals surface area contributed by atoms with Crippen molar-refractivity contribution in [3.8, 4) is 17.0 Å². The van der Waals surface area contributed by atoms with E-state index in [4.69, 9.17) is 10.5 Å². The van der Waals surface area contributed by atoms with E-state index >= 15 is 0 Å². The van der Waals surface area contributed by atoms with Gasteiger partial charge >= 0.3 is 0 Å². The van der Waals surface area contributed by atoms with Gasteiger partial charge in [0.25, 0.3) is 0 Å². The van der Waals surface area contributed by atoms with Gasteiger partial charge in [-0.05, 0) is 18.1 Å². The first kappa shape index (κ1) is 12.4. The van der Waals surface area contributed by atoms with E-state index in [-0.39, 0.29) is 5.92 Å². The molecule has 0 atom stereocenters. The van der Waals surface area contributed by atoms with Crippen LogP contribution in [0.1, 0.15) is 25.3 Å². The molecule has 0 saturated carbocycles. The highest BCUT2D eigenvalue weighted by molar-refractivity contribution is 5.73. The van der Waals surface area contributed by atoms with Crippen molar-refractivity contribution in [1.82, 2.24) is 9.97 Å². The molecule has 0 fully saturated rings. The zero-order valence-electron chi connectivity index (χ0n) is 10.8. The molecule has 2 N–H and O–H groups in total. The minimum absolute atomic E-state index is 0.256. The lowest BCUT2D eigenvalue weighted by atomic mass is 9.97. The largest absolute Gasteiger partial charge is 0.496 e. The van der Waals surface area contributed by atoms with Gasteiger partial charge in [0.15, 0.2) is 0 Å². The number of ether oxygens (including phenoxy) is 1. The molecular formula is C14H17N3O. The second-order valence-corrected chi connectivity index (χ2v) is 4.38. The standard InChI is InChI=1S/C14H17N3O/c1-9(2)12-13(16-8-17-14(12)15)10-6-4-5-7-11(10)18-3/h4-9H,1-3H3,(H2,15,16,17). The van der Waals surface area contributed by atoms with Gasteiger partial charge in [-0.25, -0.2) is 9.97 Å². The molecule has 4 nitrogen and oxygen atoms in total. The highest BCUT2D eigenvalue weighted by Crippen LogP contribution is 2.35. The first-order valence-corrected chi connectivity index (χ1v) is 5.89. The van der Waals surface area contributed by atoms with Crippen LogP contribution in [0.2, 0.25) is 0 Å². The fourth-order valence-electron chi connectivity index (χ4n) is 2.03. The minimum Gasteiger partial charge on any atom is -0.496 e. The molecule has 0 aliphatic heterocycles. The molecular weight excluding hydrogens is 226 g/mol. The van der Waals surface area contributed by atoms with Crippen molar-refractivity contribution in [2.24, 2.45) is 0 Å². The number of hydrogen-bond donors (Lipinski definition) is 1. The molecule has 0 aliphatic rings. The molecule has 0 unspecified atom stereocenters. The lowest BCUT2D eigenvalue weighted by Gasteiger charge is -2.15. The molecule has 0 radical (unpaired) electrons. The predicted molar refractivity (Wildman–Crippen MR) is 72.5 cm³/mol. The summed E-state index contributed by atoms with van der Waals surface area (Å²) in [5.74, 6) is 1.57. The summed E-state index contributed by atoms with van der Waals surface area (Å²) in [6.45, 7) is 4.15. The number of benzene rings is 1. The van der Waals surface area contributed by atoms with Crippen LogP contribution in [-0.2, 0) is 0 Å². The van der Waals surface area contributed by atoms with Crippen molar-refractivity contribution in [2.45, 2.75) is 19.8 Å². The van der Waals surface area contributed by atoms with Gasteiger partial charge in [0.05, 0.1) is 12.8 Å². The number of para-hydroxylation sites is 1. The summed E-state index contributed by atoms with van der Waals surface area (Å²) in [5.41, 5.74) is 8.70. The second-order valence-electron chi connectivity index (χ2n) is 4.38. The van der Waals surface area contributed by atoms with Gasteiger partial charge in [0.2, 0.25) is 0 Å². The number of nitrogens with zero attached hydrogens (tertiary/aromatic N) is 2. The Hall–Kier alpha value is -2.10. The van der Waals surface area contributed by atoms with Gasteiger partial charge in [-0.1, -0.05) is 26.0 Å². The van der Waals surface area contributed by atoms with Crippen molar-refractivity contribution in [2.75, 3.05) is 12.8 Å². The number of methoxy groups -OCH3 is 1. The highest BCUT2D eigenvalue weighted by atomic mass is 16.5. The van der Waals surface area contributed by atoms with E-state index in [9.17, 15) is 0 Å². The maximum atomic E-state index is 5.96. The molecule has 0 bridgehead atoms. The average molecular weight is 243 g/mol. The van der Waals surface area contributed by atoms with Crippen LogP contribution in [-0.4, -0.2) is 17.1 Å². The third kappa shape index (κ3) is 2.14. The maximum Gasteiger partial charge on any atom is 0.130 e. The summed E-state index contributed by atoms with van der Waals surface area (Å²) in [6.07, 6.45) is 1.49. The van der Waals surface area contributed by atoms with Crippen LogP contribution in [0.3, 0.4) is 0 Å². The Morgan fingerprint density at radius 3 is 2.56 bits per heavy atom. The Kier molecular flexibility index (Phi) is 3.46. The summed E-state index contributed by atoms with van der Waals surface area (Å²) < 4.78 is 5.37. The summed E-state index contributed by atoms with van der Waals surface area (Å²) in [7, 11) is 1.65. The van der Waals surface area contributed by atoms with Crippen molar-refractivity contribution < 1.29 is 4.74 Å². The first-order chi connectivity index (χ1) is 8.65. The number of rotatable bonds is 3. The quantitative estimate of drug-likeness (QED) is 0.900. The molecule has 2 rings (SSSR count). The Balaban J connectivity index is 2.67. The molecule has 1 aromatic heterocycles. The lowest BCUT2D eigenvalue weighted by molar-refractivity contribution is 0.416. The van der Waals surface area contributed by atoms with Crippen LogP contribution in [0.15, 0.2) is 30.6 Å². The topological polar surface area (TPSA) is 61.0 Å². The van der Waals surface area contributed by atoms with Gasteiger partial charge in [-0.15, -0.1) is 0 Å². The molecule has 0 amide bonds. The number of aromatic nitrogens is 2. The normalized spacial score (nSPS) is 10.7. The SMILES string of the molecule is COc1ccccc1-c1ncnc(N)c1C(C)C. The van der Waals surface area contributed by atoms with E-state index in [1.54, 1.807) is 7.11 Å². The summed E-state index contributed by atoms with van der Waals surface area (Å²) in [5, 5.41) is 0. The minimum atomic E-state index is 0.256. The molecule has 0 spiro atoms. The van der Waals surface area contributed by atoms with E-state index in [2.05, 4.69) is 23.8 Å². The fourth-order valence-corrected chi connectivity index (χ4v) is 2.03. The molecule has 0 aliphatic carbocycles. The predicted octanol–water partition coefficient (Wildman–Crippen LogP) is 2.86. The number of anilines is 1. The molecule has 1 heterocycles. The van der Waals surface area contributed by atoms with E-state index in [1.165, 1.54) is 6.33 Å². The molecule has 0 saturated heterocycles. The first-order valence-electron chi connectivity index (χ1n) is 5.89. The molecule has 18 heavy (non-hydrogen) atoms. The third-order valence-corrected chi connectivity index (χ3v) is 2.85. The Morgan fingerprint density at radius 1 is 1.17 bits per heavy atom. The lowest BCUT2D eigenvalue weighted by Crippen LogP contribution is -2.04. The van der Waals surface area contributed by atoms with Crippen molar-refractivity contribution in [1.29, 1.82) is 0 Å². The van der Waals surface area contributed by atoms with Crippen LogP contribution >= 0.6 is 0 Å². The van der Waals surface area contributed by atoms with Crippen LogP contribution in [0, 0.1) is 0 Å². The van der Waals surface area contributed by atoms with Gasteiger partial charge in [-0.2, -0.15) is 0 Å². The molecule has 1 aromatic carbocycles. The van der Waals surface area contributed by atoms with Crippen LogP contribution in [0.25, 0.3) is 11.3 Å². The van der Waals surface area contributed by atoms with Crippen molar-refractivity contribution >= 4 is 5.82 Å². The number of nitrogens with two attached hydrogens (primary N) is 1. The smallest absolute Gasteiger partial charge is 0.130 e. The monoisotopic (exact) mass is 243 g/mol. The Morgan fingerprint density at radius 2 is 1.89 bits per heavy atom. The van der Waals surface area contributed by atoms with E-state index < -0.39 is 0 Å². The van der Waals surface area contributed by atoms with Gasteiger partial charge in [-0.3, -0.25) is 0 Å². The summed E-state index contributed by atoms with van der Waals surface area (Å²) in [4.78, 5) is 8.44. The third-order valence-electron chi connectivity index (χ3n) is 2.85. The van der Waals surface area contributed by atoms with Crippen LogP contribution in [0.5, 0.6) is 5.75 Å². The van der Waals surface area contributed by atoms with Crippen LogP contribution in [0.4, 0.5) is 5.82 Å². The zero-order valence-corrected chi connectivity index (χ0v) is 10.8. The summed E-state index contributed by atoms with van der Waals surface area (Å²) in [6, 6.07) is 7.78. The van der Waals surface area contributed by atoms with Gasteiger partial charge in [0, 0.05) is 11.1 Å². The zero-order chi connectivity index (χ0) is 13.1.